The third-order valence-electron chi connectivity index (χ3n) is 4.55. The zero-order valence-electron chi connectivity index (χ0n) is 16.7. The molecule has 2 aromatic rings. The number of nitrogens with zero attached hydrogens (tertiary/aromatic N) is 3. The van der Waals surface area contributed by atoms with Crippen LogP contribution < -0.4 is 14.8 Å². The topological polar surface area (TPSA) is 87.5 Å². The molecule has 3 rings (SSSR count). The predicted octanol–water partition coefficient (Wildman–Crippen LogP) is 3.32. The second-order valence-electron chi connectivity index (χ2n) is 6.43. The maximum atomic E-state index is 12.9. The number of hydrogen-bond donors (Lipinski definition) is 1. The first-order chi connectivity index (χ1) is 13.6. The van der Waals surface area contributed by atoms with Crippen molar-refractivity contribution in [3.05, 3.63) is 41.4 Å². The van der Waals surface area contributed by atoms with Gasteiger partial charge in [-0.2, -0.15) is 10.1 Å². The molecule has 1 aliphatic rings. The van der Waals surface area contributed by atoms with Crippen molar-refractivity contribution in [3.8, 4) is 11.5 Å². The van der Waals surface area contributed by atoms with Crippen molar-refractivity contribution < 1.29 is 19.0 Å². The molecule has 150 valence electrons. The normalized spacial score (nSPS) is 15.6. The minimum Gasteiger partial charge on any atom is -0.493 e. The summed E-state index contributed by atoms with van der Waals surface area (Å²) in [5, 5.41) is 7.46. The Morgan fingerprint density at radius 3 is 2.82 bits per heavy atom. The fourth-order valence-electron chi connectivity index (χ4n) is 3.18. The van der Waals surface area contributed by atoms with Crippen molar-refractivity contribution in [2.75, 3.05) is 25.6 Å². The van der Waals surface area contributed by atoms with E-state index in [9.17, 15) is 4.79 Å². The Morgan fingerprint density at radius 1 is 1.29 bits per heavy atom. The van der Waals surface area contributed by atoms with Gasteiger partial charge >= 0.3 is 5.97 Å². The number of hydrogen-bond acceptors (Lipinski definition) is 7. The molecule has 28 heavy (non-hydrogen) atoms. The van der Waals surface area contributed by atoms with E-state index in [2.05, 4.69) is 22.3 Å². The number of unbranched alkanes of at least 4 members (excludes halogenated alkanes) is 1. The molecule has 8 nitrogen and oxygen atoms in total. The third kappa shape index (κ3) is 3.81. The summed E-state index contributed by atoms with van der Waals surface area (Å²) in [6, 6.07) is 5.12. The number of carbonyl (C=O) groups is 1. The molecule has 2 heterocycles. The van der Waals surface area contributed by atoms with Crippen molar-refractivity contribution in [2.24, 2.45) is 0 Å². The van der Waals surface area contributed by atoms with Crippen molar-refractivity contribution >= 4 is 11.9 Å². The lowest BCUT2D eigenvalue weighted by Gasteiger charge is -2.28. The molecule has 8 heteroatoms. The highest BCUT2D eigenvalue weighted by molar-refractivity contribution is 5.92. The quantitative estimate of drug-likeness (QED) is 0.550. The Balaban J connectivity index is 2.04. The van der Waals surface area contributed by atoms with Crippen LogP contribution in [0.1, 0.15) is 45.2 Å². The van der Waals surface area contributed by atoms with Crippen LogP contribution >= 0.6 is 0 Å². The van der Waals surface area contributed by atoms with Gasteiger partial charge in [0.05, 0.1) is 25.9 Å². The summed E-state index contributed by atoms with van der Waals surface area (Å²) in [6.45, 7) is 6.69. The molecule has 0 saturated heterocycles. The van der Waals surface area contributed by atoms with Gasteiger partial charge in [0, 0.05) is 5.70 Å². The molecule has 0 bridgehead atoms. The van der Waals surface area contributed by atoms with E-state index in [0.717, 1.165) is 18.4 Å². The Kier molecular flexibility index (Phi) is 6.18. The monoisotopic (exact) mass is 386 g/mol. The number of methoxy groups -OCH3 is 1. The average molecular weight is 386 g/mol. The highest BCUT2D eigenvalue weighted by Crippen LogP contribution is 2.38. The molecule has 1 unspecified atom stereocenters. The van der Waals surface area contributed by atoms with Gasteiger partial charge < -0.3 is 19.5 Å². The van der Waals surface area contributed by atoms with Crippen molar-refractivity contribution in [3.63, 3.8) is 0 Å². The van der Waals surface area contributed by atoms with E-state index in [1.165, 1.54) is 6.33 Å². The molecule has 0 aliphatic carbocycles. The average Bonchev–Trinajstić information content (AvgIpc) is 3.15. The summed E-state index contributed by atoms with van der Waals surface area (Å²) in [7, 11) is 1.60. The Hall–Kier alpha value is -3.03. The van der Waals surface area contributed by atoms with Crippen LogP contribution in [0.4, 0.5) is 5.95 Å². The molecule has 0 spiro atoms. The Morgan fingerprint density at radius 2 is 2.11 bits per heavy atom. The number of ether oxygens (including phenoxy) is 3. The van der Waals surface area contributed by atoms with E-state index in [1.54, 1.807) is 11.8 Å². The second kappa shape index (κ2) is 8.77. The van der Waals surface area contributed by atoms with Crippen LogP contribution in [0.3, 0.4) is 0 Å². The molecule has 1 aromatic heterocycles. The van der Waals surface area contributed by atoms with Crippen LogP contribution in [0.15, 0.2) is 35.8 Å². The van der Waals surface area contributed by atoms with E-state index >= 15 is 0 Å². The number of benzene rings is 1. The predicted molar refractivity (Wildman–Crippen MR) is 105 cm³/mol. The van der Waals surface area contributed by atoms with Gasteiger partial charge in [0.25, 0.3) is 0 Å². The first kappa shape index (κ1) is 19.7. The maximum Gasteiger partial charge on any atom is 0.338 e. The molecular weight excluding hydrogens is 360 g/mol. The zero-order valence-corrected chi connectivity index (χ0v) is 16.7. The zero-order chi connectivity index (χ0) is 20.1. The molecular formula is C20H26N4O4. The van der Waals surface area contributed by atoms with Gasteiger partial charge in [0.1, 0.15) is 12.4 Å². The fourth-order valence-corrected chi connectivity index (χ4v) is 3.18. The lowest BCUT2D eigenvalue weighted by Crippen LogP contribution is -2.29. The summed E-state index contributed by atoms with van der Waals surface area (Å²) in [5.41, 5.74) is 2.03. The van der Waals surface area contributed by atoms with Crippen LogP contribution in [-0.4, -0.2) is 41.1 Å². The molecule has 1 aliphatic heterocycles. The Bertz CT molecular complexity index is 875. The molecule has 1 N–H and O–H groups in total. The molecule has 1 atom stereocenters. The number of esters is 1. The van der Waals surface area contributed by atoms with Gasteiger partial charge in [0.2, 0.25) is 5.95 Å². The summed E-state index contributed by atoms with van der Waals surface area (Å²) in [6.07, 6.45) is 3.24. The lowest BCUT2D eigenvalue weighted by atomic mass is 9.95. The van der Waals surface area contributed by atoms with Crippen LogP contribution in [0.5, 0.6) is 11.5 Å². The van der Waals surface area contributed by atoms with Crippen LogP contribution in [0, 0.1) is 0 Å². The van der Waals surface area contributed by atoms with Crippen molar-refractivity contribution in [1.82, 2.24) is 14.8 Å². The smallest absolute Gasteiger partial charge is 0.338 e. The number of carbonyl (C=O) groups excluding carboxylic acids is 1. The molecule has 0 saturated carbocycles. The minimum atomic E-state index is -0.474. The first-order valence-corrected chi connectivity index (χ1v) is 9.45. The van der Waals surface area contributed by atoms with E-state index in [0.29, 0.717) is 41.9 Å². The van der Waals surface area contributed by atoms with Crippen LogP contribution in [0.2, 0.25) is 0 Å². The first-order valence-electron chi connectivity index (χ1n) is 9.45. The number of nitrogens with one attached hydrogen (secondary N) is 1. The van der Waals surface area contributed by atoms with Crippen molar-refractivity contribution in [2.45, 2.75) is 39.7 Å². The fraction of sp³-hybridized carbons (Fsp3) is 0.450. The van der Waals surface area contributed by atoms with E-state index in [4.69, 9.17) is 14.2 Å². The minimum absolute atomic E-state index is 0.363. The Labute approximate surface area is 164 Å². The van der Waals surface area contributed by atoms with Gasteiger partial charge in [0.15, 0.2) is 11.5 Å². The number of rotatable bonds is 8. The summed E-state index contributed by atoms with van der Waals surface area (Å²) in [4.78, 5) is 17.1. The number of allylic oxidation sites excluding steroid dienone is 1. The highest BCUT2D eigenvalue weighted by atomic mass is 16.5. The molecule has 1 aromatic carbocycles. The highest BCUT2D eigenvalue weighted by Gasteiger charge is 2.34. The lowest BCUT2D eigenvalue weighted by molar-refractivity contribution is -0.139. The van der Waals surface area contributed by atoms with Crippen LogP contribution in [-0.2, 0) is 9.53 Å². The van der Waals surface area contributed by atoms with E-state index in [-0.39, 0.29) is 5.97 Å². The molecule has 0 amide bonds. The molecule has 0 radical (unpaired) electrons. The number of fused-ring (bicyclic) bond motifs is 1. The van der Waals surface area contributed by atoms with Gasteiger partial charge in [-0.05, 0) is 38.0 Å². The third-order valence-corrected chi connectivity index (χ3v) is 4.55. The molecule has 0 fully saturated rings. The number of anilines is 1. The van der Waals surface area contributed by atoms with Gasteiger partial charge in [-0.1, -0.05) is 19.4 Å². The summed E-state index contributed by atoms with van der Waals surface area (Å²) >= 11 is 0. The van der Waals surface area contributed by atoms with E-state index in [1.807, 2.05) is 32.0 Å². The summed E-state index contributed by atoms with van der Waals surface area (Å²) in [5.74, 6) is 1.45. The van der Waals surface area contributed by atoms with Crippen molar-refractivity contribution in [1.29, 1.82) is 0 Å². The van der Waals surface area contributed by atoms with E-state index < -0.39 is 6.04 Å². The standard InChI is InChI=1S/C20H26N4O4/c1-5-7-10-28-19(25)17-13(3)23-20-21-12-22-24(20)18(17)14-8-9-15(26-4)16(11-14)27-6-2/h8-9,11-12,18H,5-7,10H2,1-4H3,(H,21,22,23). The maximum absolute atomic E-state index is 12.9. The summed E-state index contributed by atoms with van der Waals surface area (Å²) < 4.78 is 18.3. The van der Waals surface area contributed by atoms with Crippen LogP contribution in [0.25, 0.3) is 0 Å². The second-order valence-corrected chi connectivity index (χ2v) is 6.43. The number of aromatic nitrogens is 3. The van der Waals surface area contributed by atoms with Gasteiger partial charge in [-0.25, -0.2) is 9.48 Å². The van der Waals surface area contributed by atoms with Gasteiger partial charge in [-0.3, -0.25) is 0 Å². The van der Waals surface area contributed by atoms with Gasteiger partial charge in [-0.15, -0.1) is 0 Å². The largest absolute Gasteiger partial charge is 0.493 e. The SMILES string of the molecule is CCCCOC(=O)C1=C(C)Nc2ncnn2C1c1ccc(OC)c(OCC)c1.